The number of hydrogen-bond acceptors (Lipinski definition) is 4. The molecule has 0 aromatic heterocycles. The highest BCUT2D eigenvalue weighted by atomic mass is 16.5. The van der Waals surface area contributed by atoms with E-state index in [1.54, 1.807) is 7.11 Å². The molecule has 0 aliphatic carbocycles. The minimum atomic E-state index is -0.157. The second-order valence-electron chi connectivity index (χ2n) is 6.73. The number of anilines is 2. The van der Waals surface area contributed by atoms with E-state index in [0.717, 1.165) is 48.9 Å². The SMILES string of the molecule is COc1ccccc1N1CCN(C(C)C(=O)Nc2cccc(C)c2)CC1. The molecule has 5 heteroatoms. The Labute approximate surface area is 155 Å². The molecule has 1 aliphatic heterocycles. The van der Waals surface area contributed by atoms with Crippen molar-refractivity contribution in [2.45, 2.75) is 19.9 Å². The van der Waals surface area contributed by atoms with Crippen LogP contribution in [-0.2, 0) is 4.79 Å². The molecule has 0 bridgehead atoms. The van der Waals surface area contributed by atoms with Crippen molar-refractivity contribution in [1.29, 1.82) is 0 Å². The predicted octanol–water partition coefficient (Wildman–Crippen LogP) is 3.15. The first kappa shape index (κ1) is 18.3. The summed E-state index contributed by atoms with van der Waals surface area (Å²) in [6.07, 6.45) is 0. The summed E-state index contributed by atoms with van der Waals surface area (Å²) in [4.78, 5) is 17.1. The van der Waals surface area contributed by atoms with Crippen LogP contribution in [0.15, 0.2) is 48.5 Å². The Morgan fingerprint density at radius 2 is 1.81 bits per heavy atom. The van der Waals surface area contributed by atoms with E-state index in [2.05, 4.69) is 21.2 Å². The molecule has 5 nitrogen and oxygen atoms in total. The van der Waals surface area contributed by atoms with Crippen LogP contribution in [0.5, 0.6) is 5.75 Å². The molecule has 1 fully saturated rings. The van der Waals surface area contributed by atoms with Crippen molar-refractivity contribution in [2.75, 3.05) is 43.5 Å². The van der Waals surface area contributed by atoms with Crippen molar-refractivity contribution in [2.24, 2.45) is 0 Å². The van der Waals surface area contributed by atoms with Crippen LogP contribution in [0.2, 0.25) is 0 Å². The van der Waals surface area contributed by atoms with Crippen LogP contribution in [-0.4, -0.2) is 50.1 Å². The van der Waals surface area contributed by atoms with Crippen LogP contribution >= 0.6 is 0 Å². The van der Waals surface area contributed by atoms with Crippen molar-refractivity contribution in [3.8, 4) is 5.75 Å². The van der Waals surface area contributed by atoms with E-state index in [4.69, 9.17) is 4.74 Å². The highest BCUT2D eigenvalue weighted by molar-refractivity contribution is 5.94. The summed E-state index contributed by atoms with van der Waals surface area (Å²) in [5.41, 5.74) is 3.11. The Hall–Kier alpha value is -2.53. The third kappa shape index (κ3) is 4.17. The van der Waals surface area contributed by atoms with Crippen molar-refractivity contribution < 1.29 is 9.53 Å². The molecule has 1 atom stereocenters. The molecule has 138 valence electrons. The number of ether oxygens (including phenoxy) is 1. The second kappa shape index (κ2) is 8.23. The van der Waals surface area contributed by atoms with E-state index in [1.165, 1.54) is 0 Å². The molecule has 0 saturated carbocycles. The summed E-state index contributed by atoms with van der Waals surface area (Å²) < 4.78 is 5.47. The summed E-state index contributed by atoms with van der Waals surface area (Å²) >= 11 is 0. The Morgan fingerprint density at radius 1 is 1.08 bits per heavy atom. The molecular formula is C21H27N3O2. The van der Waals surface area contributed by atoms with Gasteiger partial charge in [-0.2, -0.15) is 0 Å². The zero-order valence-corrected chi connectivity index (χ0v) is 15.7. The minimum Gasteiger partial charge on any atom is -0.495 e. The fraction of sp³-hybridized carbons (Fsp3) is 0.381. The van der Waals surface area contributed by atoms with Crippen LogP contribution < -0.4 is 15.0 Å². The Morgan fingerprint density at radius 3 is 2.50 bits per heavy atom. The third-order valence-electron chi connectivity index (χ3n) is 4.95. The van der Waals surface area contributed by atoms with E-state index in [-0.39, 0.29) is 11.9 Å². The lowest BCUT2D eigenvalue weighted by Crippen LogP contribution is -2.52. The smallest absolute Gasteiger partial charge is 0.241 e. The van der Waals surface area contributed by atoms with Gasteiger partial charge in [0.1, 0.15) is 5.75 Å². The molecule has 1 heterocycles. The molecule has 1 N–H and O–H groups in total. The number of carbonyl (C=O) groups excluding carboxylic acids is 1. The van der Waals surface area contributed by atoms with Crippen LogP contribution in [0, 0.1) is 6.92 Å². The Balaban J connectivity index is 1.58. The largest absolute Gasteiger partial charge is 0.495 e. The number of nitrogens with zero attached hydrogens (tertiary/aromatic N) is 2. The number of piperazine rings is 1. The van der Waals surface area contributed by atoms with Gasteiger partial charge >= 0.3 is 0 Å². The molecule has 2 aromatic carbocycles. The summed E-state index contributed by atoms with van der Waals surface area (Å²) in [7, 11) is 1.70. The maximum atomic E-state index is 12.6. The lowest BCUT2D eigenvalue weighted by molar-refractivity contribution is -0.120. The fourth-order valence-electron chi connectivity index (χ4n) is 3.38. The van der Waals surface area contributed by atoms with Gasteiger partial charge in [0, 0.05) is 31.9 Å². The van der Waals surface area contributed by atoms with Crippen molar-refractivity contribution in [3.63, 3.8) is 0 Å². The summed E-state index contributed by atoms with van der Waals surface area (Å²) in [5.74, 6) is 0.938. The topological polar surface area (TPSA) is 44.8 Å². The standard InChI is InChI=1S/C21H27N3O2/c1-16-7-6-8-18(15-16)22-21(25)17(2)23-11-13-24(14-12-23)19-9-4-5-10-20(19)26-3/h4-10,15,17H,11-14H2,1-3H3,(H,22,25). The van der Waals surface area contributed by atoms with Gasteiger partial charge in [0.25, 0.3) is 0 Å². The van der Waals surface area contributed by atoms with Crippen LogP contribution in [0.4, 0.5) is 11.4 Å². The van der Waals surface area contributed by atoms with Crippen LogP contribution in [0.3, 0.4) is 0 Å². The molecular weight excluding hydrogens is 326 g/mol. The first-order valence-corrected chi connectivity index (χ1v) is 9.08. The zero-order chi connectivity index (χ0) is 18.5. The van der Waals surface area contributed by atoms with Gasteiger partial charge in [0.15, 0.2) is 0 Å². The van der Waals surface area contributed by atoms with Gasteiger partial charge in [-0.3, -0.25) is 9.69 Å². The number of nitrogens with one attached hydrogen (secondary N) is 1. The van der Waals surface area contributed by atoms with E-state index in [9.17, 15) is 4.79 Å². The van der Waals surface area contributed by atoms with Gasteiger partial charge in [-0.05, 0) is 43.7 Å². The summed E-state index contributed by atoms with van der Waals surface area (Å²) in [6.45, 7) is 7.45. The number of rotatable bonds is 5. The molecule has 1 aliphatic rings. The highest BCUT2D eigenvalue weighted by Gasteiger charge is 2.26. The lowest BCUT2D eigenvalue weighted by Gasteiger charge is -2.38. The maximum absolute atomic E-state index is 12.6. The maximum Gasteiger partial charge on any atom is 0.241 e. The van der Waals surface area contributed by atoms with E-state index in [1.807, 2.05) is 56.3 Å². The third-order valence-corrected chi connectivity index (χ3v) is 4.95. The summed E-state index contributed by atoms with van der Waals surface area (Å²) in [5, 5.41) is 3.03. The molecule has 1 amide bonds. The highest BCUT2D eigenvalue weighted by Crippen LogP contribution is 2.28. The normalized spacial score (nSPS) is 16.2. The Kier molecular flexibility index (Phi) is 5.78. The molecule has 2 aromatic rings. The zero-order valence-electron chi connectivity index (χ0n) is 15.7. The van der Waals surface area contributed by atoms with Gasteiger partial charge in [-0.25, -0.2) is 0 Å². The van der Waals surface area contributed by atoms with Gasteiger partial charge in [0.2, 0.25) is 5.91 Å². The average molecular weight is 353 g/mol. The monoisotopic (exact) mass is 353 g/mol. The van der Waals surface area contributed by atoms with E-state index < -0.39 is 0 Å². The van der Waals surface area contributed by atoms with Crippen LogP contribution in [0.25, 0.3) is 0 Å². The van der Waals surface area contributed by atoms with Gasteiger partial charge in [0.05, 0.1) is 18.8 Å². The predicted molar refractivity (Wildman–Crippen MR) is 106 cm³/mol. The van der Waals surface area contributed by atoms with Gasteiger partial charge in [-0.15, -0.1) is 0 Å². The van der Waals surface area contributed by atoms with Gasteiger partial charge < -0.3 is 15.0 Å². The van der Waals surface area contributed by atoms with Crippen LogP contribution in [0.1, 0.15) is 12.5 Å². The number of aryl methyl sites for hydroxylation is 1. The lowest BCUT2D eigenvalue weighted by atomic mass is 10.1. The average Bonchev–Trinajstić information content (AvgIpc) is 2.67. The number of amides is 1. The van der Waals surface area contributed by atoms with Crippen molar-refractivity contribution in [1.82, 2.24) is 4.90 Å². The van der Waals surface area contributed by atoms with Crippen molar-refractivity contribution in [3.05, 3.63) is 54.1 Å². The first-order chi connectivity index (χ1) is 12.6. The molecule has 3 rings (SSSR count). The quantitative estimate of drug-likeness (QED) is 0.897. The second-order valence-corrected chi connectivity index (χ2v) is 6.73. The molecule has 0 spiro atoms. The van der Waals surface area contributed by atoms with Gasteiger partial charge in [-0.1, -0.05) is 24.3 Å². The molecule has 1 unspecified atom stereocenters. The molecule has 1 saturated heterocycles. The van der Waals surface area contributed by atoms with E-state index in [0.29, 0.717) is 0 Å². The first-order valence-electron chi connectivity index (χ1n) is 9.08. The number of hydrogen-bond donors (Lipinski definition) is 1. The Bertz CT molecular complexity index is 754. The number of para-hydroxylation sites is 2. The van der Waals surface area contributed by atoms with E-state index >= 15 is 0 Å². The minimum absolute atomic E-state index is 0.0429. The number of benzene rings is 2. The fourth-order valence-corrected chi connectivity index (χ4v) is 3.38. The van der Waals surface area contributed by atoms with Crippen molar-refractivity contribution >= 4 is 17.3 Å². The molecule has 0 radical (unpaired) electrons. The molecule has 26 heavy (non-hydrogen) atoms. The number of methoxy groups -OCH3 is 1. The summed E-state index contributed by atoms with van der Waals surface area (Å²) in [6, 6.07) is 15.8. The number of carbonyl (C=O) groups is 1.